The number of aliphatic carboxylic acids is 1. The molecule has 1 saturated carbocycles. The number of carboxylic acid groups (broad SMARTS) is 1. The quantitative estimate of drug-likeness (QED) is 0.774. The number of hydrogen-bond acceptors (Lipinski definition) is 3. The van der Waals surface area contributed by atoms with Crippen LogP contribution in [0.1, 0.15) is 49.7 Å². The summed E-state index contributed by atoms with van der Waals surface area (Å²) in [6, 6.07) is 8.34. The van der Waals surface area contributed by atoms with Gasteiger partial charge in [0.05, 0.1) is 11.5 Å². The summed E-state index contributed by atoms with van der Waals surface area (Å²) in [4.78, 5) is 26.4. The number of ether oxygens (including phenoxy) is 1. The molecule has 0 aromatic heterocycles. The Morgan fingerprint density at radius 1 is 1.23 bits per heavy atom. The molecule has 26 heavy (non-hydrogen) atoms. The molecule has 1 heterocycles. The van der Waals surface area contributed by atoms with Crippen LogP contribution in [0, 0.1) is 12.3 Å². The number of benzene rings is 1. The van der Waals surface area contributed by atoms with Gasteiger partial charge >= 0.3 is 5.97 Å². The fourth-order valence-corrected chi connectivity index (χ4v) is 3.84. The molecule has 1 amide bonds. The molecule has 1 unspecified atom stereocenters. The van der Waals surface area contributed by atoms with Gasteiger partial charge < -0.3 is 14.7 Å². The zero-order valence-electron chi connectivity index (χ0n) is 15.6. The van der Waals surface area contributed by atoms with Gasteiger partial charge in [0.1, 0.15) is 0 Å². The van der Waals surface area contributed by atoms with Crippen molar-refractivity contribution in [2.75, 3.05) is 19.7 Å². The van der Waals surface area contributed by atoms with E-state index in [2.05, 4.69) is 31.2 Å². The summed E-state index contributed by atoms with van der Waals surface area (Å²) in [5, 5.41) is 9.54. The Hall–Kier alpha value is -1.88. The molecule has 1 aromatic rings. The molecule has 1 aromatic carbocycles. The molecule has 142 valence electrons. The minimum Gasteiger partial charge on any atom is -0.481 e. The van der Waals surface area contributed by atoms with Gasteiger partial charge in [0.25, 0.3) is 0 Å². The first kappa shape index (κ1) is 18.9. The van der Waals surface area contributed by atoms with E-state index in [1.165, 1.54) is 11.1 Å². The van der Waals surface area contributed by atoms with Crippen molar-refractivity contribution in [3.63, 3.8) is 0 Å². The van der Waals surface area contributed by atoms with Crippen molar-refractivity contribution in [2.45, 2.75) is 58.0 Å². The lowest BCUT2D eigenvalue weighted by Crippen LogP contribution is -2.46. The van der Waals surface area contributed by atoms with Gasteiger partial charge in [-0.2, -0.15) is 0 Å². The fraction of sp³-hybridized carbons (Fsp3) is 0.619. The lowest BCUT2D eigenvalue weighted by atomic mass is 9.66. The van der Waals surface area contributed by atoms with Crippen LogP contribution in [0.25, 0.3) is 0 Å². The summed E-state index contributed by atoms with van der Waals surface area (Å²) in [5.74, 6) is -0.873. The lowest BCUT2D eigenvalue weighted by molar-refractivity contribution is -0.159. The van der Waals surface area contributed by atoms with Crippen molar-refractivity contribution in [1.82, 2.24) is 4.90 Å². The summed E-state index contributed by atoms with van der Waals surface area (Å²) in [5.41, 5.74) is 1.57. The summed E-state index contributed by atoms with van der Waals surface area (Å²) >= 11 is 0. The molecule has 5 heteroatoms. The number of carbonyl (C=O) groups is 2. The number of rotatable bonds is 8. The molecule has 1 N–H and O–H groups in total. The SMILES string of the molecule is Cc1ccc(CCN(CC2CCCO2)C(=O)CC2(C(=O)O)CCC2)cc1. The van der Waals surface area contributed by atoms with Crippen molar-refractivity contribution < 1.29 is 19.4 Å². The van der Waals surface area contributed by atoms with Gasteiger partial charge in [0.2, 0.25) is 5.91 Å². The standard InChI is InChI=1S/C21H29NO4/c1-16-5-7-17(8-6-16)9-12-22(15-18-4-2-13-26-18)19(23)14-21(20(24)25)10-3-11-21/h5-8,18H,2-4,9-15H2,1H3,(H,24,25). The van der Waals surface area contributed by atoms with E-state index in [4.69, 9.17) is 4.74 Å². The largest absolute Gasteiger partial charge is 0.481 e. The Kier molecular flexibility index (Phi) is 5.97. The van der Waals surface area contributed by atoms with Crippen LogP contribution in [0.3, 0.4) is 0 Å². The van der Waals surface area contributed by atoms with E-state index >= 15 is 0 Å². The highest BCUT2D eigenvalue weighted by molar-refractivity contribution is 5.85. The zero-order valence-corrected chi connectivity index (χ0v) is 15.6. The summed E-state index contributed by atoms with van der Waals surface area (Å²) in [7, 11) is 0. The molecule has 5 nitrogen and oxygen atoms in total. The third kappa shape index (κ3) is 4.44. The number of carbonyl (C=O) groups excluding carboxylic acids is 1. The van der Waals surface area contributed by atoms with Crippen molar-refractivity contribution >= 4 is 11.9 Å². The molecule has 1 aliphatic carbocycles. The lowest BCUT2D eigenvalue weighted by Gasteiger charge is -2.38. The maximum Gasteiger partial charge on any atom is 0.310 e. The average Bonchev–Trinajstić information content (AvgIpc) is 3.09. The van der Waals surface area contributed by atoms with Crippen LogP contribution in [0.5, 0.6) is 0 Å². The Bertz CT molecular complexity index is 630. The monoisotopic (exact) mass is 359 g/mol. The molecule has 0 radical (unpaired) electrons. The molecule has 3 rings (SSSR count). The van der Waals surface area contributed by atoms with Gasteiger partial charge in [-0.25, -0.2) is 0 Å². The normalized spacial score (nSPS) is 21.2. The maximum absolute atomic E-state index is 12.9. The van der Waals surface area contributed by atoms with E-state index < -0.39 is 11.4 Å². The number of nitrogens with zero attached hydrogens (tertiary/aromatic N) is 1. The molecule has 2 aliphatic rings. The van der Waals surface area contributed by atoms with E-state index in [1.807, 2.05) is 4.90 Å². The summed E-state index contributed by atoms with van der Waals surface area (Å²) in [6.45, 7) is 3.99. The first-order valence-corrected chi connectivity index (χ1v) is 9.67. The van der Waals surface area contributed by atoms with Gasteiger partial charge in [-0.1, -0.05) is 36.2 Å². The second-order valence-electron chi connectivity index (χ2n) is 7.83. The van der Waals surface area contributed by atoms with E-state index in [0.29, 0.717) is 25.9 Å². The van der Waals surface area contributed by atoms with Gasteiger partial charge in [0.15, 0.2) is 0 Å². The number of hydrogen-bond donors (Lipinski definition) is 1. The van der Waals surface area contributed by atoms with E-state index in [9.17, 15) is 14.7 Å². The molecule has 1 aliphatic heterocycles. The highest BCUT2D eigenvalue weighted by atomic mass is 16.5. The highest BCUT2D eigenvalue weighted by Crippen LogP contribution is 2.44. The number of amides is 1. The molecular weight excluding hydrogens is 330 g/mol. The van der Waals surface area contributed by atoms with Crippen molar-refractivity contribution in [2.24, 2.45) is 5.41 Å². The molecular formula is C21H29NO4. The molecule has 1 saturated heterocycles. The maximum atomic E-state index is 12.9. The Labute approximate surface area is 155 Å². The smallest absolute Gasteiger partial charge is 0.310 e. The topological polar surface area (TPSA) is 66.8 Å². The predicted molar refractivity (Wildman–Crippen MR) is 99.0 cm³/mol. The minimum absolute atomic E-state index is 0.0466. The summed E-state index contributed by atoms with van der Waals surface area (Å²) in [6.07, 6.45) is 5.09. The van der Waals surface area contributed by atoms with Gasteiger partial charge in [-0.15, -0.1) is 0 Å². The Morgan fingerprint density at radius 2 is 1.96 bits per heavy atom. The van der Waals surface area contributed by atoms with Gasteiger partial charge in [0, 0.05) is 26.1 Å². The first-order valence-electron chi connectivity index (χ1n) is 9.67. The van der Waals surface area contributed by atoms with Crippen LogP contribution in [0.2, 0.25) is 0 Å². The number of carboxylic acids is 1. The van der Waals surface area contributed by atoms with Gasteiger partial charge in [-0.05, 0) is 44.6 Å². The molecule has 2 fully saturated rings. The van der Waals surface area contributed by atoms with E-state index in [0.717, 1.165) is 32.3 Å². The van der Waals surface area contributed by atoms with Gasteiger partial charge in [-0.3, -0.25) is 9.59 Å². The first-order chi connectivity index (χ1) is 12.5. The average molecular weight is 359 g/mol. The van der Waals surface area contributed by atoms with E-state index in [-0.39, 0.29) is 18.4 Å². The third-order valence-corrected chi connectivity index (χ3v) is 5.85. The van der Waals surface area contributed by atoms with Crippen LogP contribution in [0.4, 0.5) is 0 Å². The highest BCUT2D eigenvalue weighted by Gasteiger charge is 2.46. The van der Waals surface area contributed by atoms with Crippen molar-refractivity contribution in [3.05, 3.63) is 35.4 Å². The summed E-state index contributed by atoms with van der Waals surface area (Å²) < 4.78 is 5.71. The molecule has 0 bridgehead atoms. The zero-order chi connectivity index (χ0) is 18.6. The van der Waals surface area contributed by atoms with E-state index in [1.54, 1.807) is 0 Å². The Balaban J connectivity index is 1.64. The predicted octanol–water partition coefficient (Wildman–Crippen LogP) is 3.19. The van der Waals surface area contributed by atoms with Crippen molar-refractivity contribution in [1.29, 1.82) is 0 Å². The second kappa shape index (κ2) is 8.21. The van der Waals surface area contributed by atoms with Crippen LogP contribution in [-0.2, 0) is 20.7 Å². The van der Waals surface area contributed by atoms with Crippen LogP contribution >= 0.6 is 0 Å². The minimum atomic E-state index is -0.838. The molecule has 0 spiro atoms. The second-order valence-corrected chi connectivity index (χ2v) is 7.83. The Morgan fingerprint density at radius 3 is 2.50 bits per heavy atom. The van der Waals surface area contributed by atoms with Crippen LogP contribution in [-0.4, -0.2) is 47.7 Å². The molecule has 1 atom stereocenters. The number of aryl methyl sites for hydroxylation is 1. The third-order valence-electron chi connectivity index (χ3n) is 5.85. The van der Waals surface area contributed by atoms with Crippen LogP contribution in [0.15, 0.2) is 24.3 Å². The van der Waals surface area contributed by atoms with Crippen LogP contribution < -0.4 is 0 Å². The van der Waals surface area contributed by atoms with Crippen molar-refractivity contribution in [3.8, 4) is 0 Å². The fourth-order valence-electron chi connectivity index (χ4n) is 3.84.